The van der Waals surface area contributed by atoms with Crippen LogP contribution in [0.2, 0.25) is 0 Å². The molecule has 0 unspecified atom stereocenters. The molecule has 0 aliphatic rings. The summed E-state index contributed by atoms with van der Waals surface area (Å²) in [6, 6.07) is 5.62. The minimum Gasteiger partial charge on any atom is -0.306 e. The first-order chi connectivity index (χ1) is 10.8. The minimum atomic E-state index is -0.318. The topological polar surface area (TPSA) is 101 Å². The number of H-pyrrole nitrogens is 1. The zero-order valence-corrected chi connectivity index (χ0v) is 11.9. The number of imidazole rings is 1. The number of aromatic nitrogens is 6. The van der Waals surface area contributed by atoms with Crippen molar-refractivity contribution in [3.05, 3.63) is 48.0 Å². The molecule has 9 heteroatoms. The number of carbonyl (C=O) groups is 1. The number of fused-ring (bicyclic) bond motifs is 1. The van der Waals surface area contributed by atoms with E-state index < -0.39 is 0 Å². The Hall–Kier alpha value is -3.07. The predicted molar refractivity (Wildman–Crippen MR) is 80.6 cm³/mol. The van der Waals surface area contributed by atoms with Gasteiger partial charge in [-0.2, -0.15) is 5.10 Å². The minimum absolute atomic E-state index is 0.314. The van der Waals surface area contributed by atoms with E-state index in [1.54, 1.807) is 22.3 Å². The molecule has 0 aliphatic carbocycles. The molecule has 0 saturated heterocycles. The van der Waals surface area contributed by atoms with Gasteiger partial charge < -0.3 is 4.40 Å². The maximum atomic E-state index is 12.1. The first kappa shape index (κ1) is 12.7. The number of carbonyl (C=O) groups excluding carboxylic acids is 1. The Morgan fingerprint density at radius 1 is 1.27 bits per heavy atom. The van der Waals surface area contributed by atoms with Crippen molar-refractivity contribution < 1.29 is 4.79 Å². The number of aromatic amines is 1. The number of pyridine rings is 1. The summed E-state index contributed by atoms with van der Waals surface area (Å²) in [5.74, 6) is -0.318. The van der Waals surface area contributed by atoms with E-state index in [4.69, 9.17) is 0 Å². The molecule has 108 valence electrons. The molecular formula is C13H9N7OS. The van der Waals surface area contributed by atoms with Crippen LogP contribution in [0, 0.1) is 0 Å². The maximum Gasteiger partial charge on any atom is 0.277 e. The summed E-state index contributed by atoms with van der Waals surface area (Å²) in [5, 5.41) is 17.4. The monoisotopic (exact) mass is 311 g/mol. The van der Waals surface area contributed by atoms with Crippen LogP contribution in [-0.2, 0) is 0 Å². The first-order valence-corrected chi connectivity index (χ1v) is 7.24. The van der Waals surface area contributed by atoms with Gasteiger partial charge in [0, 0.05) is 24.2 Å². The Balaban J connectivity index is 1.67. The third-order valence-corrected chi connectivity index (χ3v) is 3.67. The Morgan fingerprint density at radius 2 is 2.23 bits per heavy atom. The van der Waals surface area contributed by atoms with Gasteiger partial charge >= 0.3 is 0 Å². The average Bonchev–Trinajstić information content (AvgIpc) is 3.27. The van der Waals surface area contributed by atoms with Crippen LogP contribution in [-0.4, -0.2) is 35.7 Å². The third-order valence-electron chi connectivity index (χ3n) is 3.06. The zero-order valence-electron chi connectivity index (χ0n) is 11.1. The van der Waals surface area contributed by atoms with Gasteiger partial charge in [-0.25, -0.2) is 4.98 Å². The highest BCUT2D eigenvalue weighted by atomic mass is 32.1. The normalized spacial score (nSPS) is 10.9. The predicted octanol–water partition coefficient (Wildman–Crippen LogP) is 1.83. The molecular weight excluding hydrogens is 302 g/mol. The fourth-order valence-electron chi connectivity index (χ4n) is 2.06. The molecule has 0 bridgehead atoms. The second kappa shape index (κ2) is 5.04. The van der Waals surface area contributed by atoms with E-state index in [0.29, 0.717) is 16.5 Å². The smallest absolute Gasteiger partial charge is 0.277 e. The molecule has 4 aromatic heterocycles. The van der Waals surface area contributed by atoms with Crippen molar-refractivity contribution in [2.24, 2.45) is 0 Å². The van der Waals surface area contributed by atoms with Crippen LogP contribution in [0.25, 0.3) is 16.9 Å². The molecule has 4 rings (SSSR count). The number of amides is 1. The van der Waals surface area contributed by atoms with E-state index >= 15 is 0 Å². The van der Waals surface area contributed by atoms with E-state index in [0.717, 1.165) is 11.3 Å². The largest absolute Gasteiger partial charge is 0.306 e. The van der Waals surface area contributed by atoms with Crippen LogP contribution < -0.4 is 5.32 Å². The van der Waals surface area contributed by atoms with Gasteiger partial charge in [0.2, 0.25) is 5.13 Å². The quantitative estimate of drug-likeness (QED) is 0.601. The van der Waals surface area contributed by atoms with Gasteiger partial charge in [0.05, 0.1) is 5.69 Å². The molecule has 8 nitrogen and oxygen atoms in total. The standard InChI is InChI=1S/C13H9N7OS/c21-12(17-13-19-15-7-22-13)10-6-20-5-8(1-2-11(20)16-10)9-3-4-14-18-9/h1-7H,(H,14,18)(H,17,19,21). The molecule has 2 N–H and O–H groups in total. The lowest BCUT2D eigenvalue weighted by Crippen LogP contribution is -2.12. The Kier molecular flexibility index (Phi) is 2.90. The molecule has 0 aromatic carbocycles. The lowest BCUT2D eigenvalue weighted by molar-refractivity contribution is 0.102. The number of anilines is 1. The van der Waals surface area contributed by atoms with Gasteiger partial charge in [-0.05, 0) is 18.2 Å². The van der Waals surface area contributed by atoms with Crippen molar-refractivity contribution >= 4 is 28.0 Å². The summed E-state index contributed by atoms with van der Waals surface area (Å²) in [6.07, 6.45) is 5.30. The SMILES string of the molecule is O=C(Nc1nncs1)c1cn2cc(-c3cc[nH]n3)ccc2n1. The van der Waals surface area contributed by atoms with Gasteiger partial charge in [0.25, 0.3) is 5.91 Å². The van der Waals surface area contributed by atoms with E-state index in [9.17, 15) is 4.79 Å². The highest BCUT2D eigenvalue weighted by molar-refractivity contribution is 7.13. The molecule has 0 spiro atoms. The highest BCUT2D eigenvalue weighted by Crippen LogP contribution is 2.18. The van der Waals surface area contributed by atoms with Crippen LogP contribution in [0.15, 0.2) is 42.3 Å². The Labute approximate surface area is 127 Å². The summed E-state index contributed by atoms with van der Waals surface area (Å²) in [7, 11) is 0. The first-order valence-electron chi connectivity index (χ1n) is 6.36. The van der Waals surface area contributed by atoms with Gasteiger partial charge in [0.15, 0.2) is 0 Å². The molecule has 0 aliphatic heterocycles. The van der Waals surface area contributed by atoms with Crippen molar-refractivity contribution in [1.29, 1.82) is 0 Å². The molecule has 0 atom stereocenters. The molecule has 1 amide bonds. The van der Waals surface area contributed by atoms with E-state index in [-0.39, 0.29) is 5.91 Å². The van der Waals surface area contributed by atoms with Crippen LogP contribution in [0.1, 0.15) is 10.5 Å². The lowest BCUT2D eigenvalue weighted by atomic mass is 10.2. The van der Waals surface area contributed by atoms with Gasteiger partial charge in [-0.1, -0.05) is 11.3 Å². The number of nitrogens with one attached hydrogen (secondary N) is 2. The van der Waals surface area contributed by atoms with E-state index in [1.807, 2.05) is 24.4 Å². The third kappa shape index (κ3) is 2.23. The van der Waals surface area contributed by atoms with E-state index in [2.05, 4.69) is 30.7 Å². The molecule has 4 aromatic rings. The summed E-state index contributed by atoms with van der Waals surface area (Å²) < 4.78 is 1.79. The van der Waals surface area contributed by atoms with Crippen LogP contribution in [0.4, 0.5) is 5.13 Å². The fraction of sp³-hybridized carbons (Fsp3) is 0. The highest BCUT2D eigenvalue weighted by Gasteiger charge is 2.13. The van der Waals surface area contributed by atoms with Crippen LogP contribution >= 0.6 is 11.3 Å². The number of hydrogen-bond acceptors (Lipinski definition) is 6. The molecule has 0 saturated carbocycles. The van der Waals surface area contributed by atoms with Crippen molar-refractivity contribution in [2.45, 2.75) is 0 Å². The van der Waals surface area contributed by atoms with Crippen LogP contribution in [0.3, 0.4) is 0 Å². The summed E-state index contributed by atoms with van der Waals surface area (Å²) >= 11 is 1.25. The van der Waals surface area contributed by atoms with Crippen molar-refractivity contribution in [1.82, 2.24) is 29.8 Å². The van der Waals surface area contributed by atoms with Crippen molar-refractivity contribution in [2.75, 3.05) is 5.32 Å². The van der Waals surface area contributed by atoms with E-state index in [1.165, 1.54) is 11.3 Å². The molecule has 0 fully saturated rings. The Bertz CT molecular complexity index is 927. The van der Waals surface area contributed by atoms with Crippen LogP contribution in [0.5, 0.6) is 0 Å². The summed E-state index contributed by atoms with van der Waals surface area (Å²) in [6.45, 7) is 0. The second-order valence-corrected chi connectivity index (χ2v) is 5.30. The Morgan fingerprint density at radius 3 is 3.00 bits per heavy atom. The maximum absolute atomic E-state index is 12.1. The number of nitrogens with zero attached hydrogens (tertiary/aromatic N) is 5. The average molecular weight is 311 g/mol. The number of rotatable bonds is 3. The molecule has 22 heavy (non-hydrogen) atoms. The van der Waals surface area contributed by atoms with Crippen molar-refractivity contribution in [3.8, 4) is 11.3 Å². The lowest BCUT2D eigenvalue weighted by Gasteiger charge is -1.97. The van der Waals surface area contributed by atoms with Gasteiger partial charge in [-0.15, -0.1) is 10.2 Å². The van der Waals surface area contributed by atoms with Crippen molar-refractivity contribution in [3.63, 3.8) is 0 Å². The number of hydrogen-bond donors (Lipinski definition) is 2. The zero-order chi connectivity index (χ0) is 14.9. The fourth-order valence-corrected chi connectivity index (χ4v) is 2.50. The molecule has 0 radical (unpaired) electrons. The summed E-state index contributed by atoms with van der Waals surface area (Å²) in [5.41, 5.74) is 4.31. The second-order valence-electron chi connectivity index (χ2n) is 4.47. The summed E-state index contributed by atoms with van der Waals surface area (Å²) in [4.78, 5) is 16.4. The van der Waals surface area contributed by atoms with Gasteiger partial charge in [0.1, 0.15) is 16.9 Å². The van der Waals surface area contributed by atoms with Gasteiger partial charge in [-0.3, -0.25) is 15.2 Å². The molecule has 4 heterocycles.